The number of likely N-dealkylation sites (tertiary alicyclic amines) is 1. The molecule has 0 aromatic heterocycles. The lowest BCUT2D eigenvalue weighted by Gasteiger charge is -2.32. The Morgan fingerprint density at radius 3 is 2.53 bits per heavy atom. The molecule has 172 valence electrons. The Labute approximate surface area is 196 Å². The van der Waals surface area contributed by atoms with Crippen molar-refractivity contribution in [1.82, 2.24) is 15.5 Å². The first-order valence-corrected chi connectivity index (χ1v) is 11.2. The smallest absolute Gasteiger partial charge is 0.251 e. The minimum atomic E-state index is -0.833. The molecule has 0 spiro atoms. The third-order valence-electron chi connectivity index (χ3n) is 5.62. The van der Waals surface area contributed by atoms with E-state index in [4.69, 9.17) is 23.2 Å². The van der Waals surface area contributed by atoms with Gasteiger partial charge in [0.1, 0.15) is 6.04 Å². The van der Waals surface area contributed by atoms with Gasteiger partial charge in [-0.2, -0.15) is 0 Å². The van der Waals surface area contributed by atoms with E-state index in [1.54, 1.807) is 13.0 Å². The highest BCUT2D eigenvalue weighted by atomic mass is 35.5. The van der Waals surface area contributed by atoms with Gasteiger partial charge in [-0.25, -0.2) is 8.78 Å². The topological polar surface area (TPSA) is 61.4 Å². The summed E-state index contributed by atoms with van der Waals surface area (Å²) < 4.78 is 27.2. The average Bonchev–Trinajstić information content (AvgIpc) is 2.78. The van der Waals surface area contributed by atoms with Crippen molar-refractivity contribution in [1.29, 1.82) is 0 Å². The summed E-state index contributed by atoms with van der Waals surface area (Å²) in [6.07, 6.45) is 1.67. The molecule has 1 heterocycles. The van der Waals surface area contributed by atoms with Crippen LogP contribution in [0.4, 0.5) is 8.78 Å². The SMILES string of the molecule is C[C@H](NC(=O)c1ccc(Cl)c(Cl)c1)C(=O)NCC1CCN(Cc2cccc(F)c2F)CC1. The van der Waals surface area contributed by atoms with Crippen molar-refractivity contribution < 1.29 is 18.4 Å². The summed E-state index contributed by atoms with van der Waals surface area (Å²) >= 11 is 11.8. The molecular formula is C23H25Cl2F2N3O2. The highest BCUT2D eigenvalue weighted by molar-refractivity contribution is 6.42. The van der Waals surface area contributed by atoms with Gasteiger partial charge in [0.15, 0.2) is 11.6 Å². The Morgan fingerprint density at radius 1 is 1.12 bits per heavy atom. The first-order valence-electron chi connectivity index (χ1n) is 10.4. The lowest BCUT2D eigenvalue weighted by molar-refractivity contribution is -0.122. The van der Waals surface area contributed by atoms with Crippen molar-refractivity contribution in [3.05, 3.63) is 69.2 Å². The zero-order chi connectivity index (χ0) is 23.3. The lowest BCUT2D eigenvalue weighted by Crippen LogP contribution is -2.47. The predicted molar refractivity (Wildman–Crippen MR) is 121 cm³/mol. The molecule has 0 unspecified atom stereocenters. The molecule has 2 aromatic carbocycles. The van der Waals surface area contributed by atoms with Crippen molar-refractivity contribution in [2.24, 2.45) is 5.92 Å². The molecule has 1 atom stereocenters. The molecular weight excluding hydrogens is 459 g/mol. The monoisotopic (exact) mass is 483 g/mol. The van der Waals surface area contributed by atoms with E-state index in [0.29, 0.717) is 29.2 Å². The number of carbonyl (C=O) groups excluding carboxylic acids is 2. The minimum Gasteiger partial charge on any atom is -0.354 e. The Balaban J connectivity index is 1.41. The number of hydrogen-bond donors (Lipinski definition) is 2. The van der Waals surface area contributed by atoms with Crippen LogP contribution in [0, 0.1) is 17.6 Å². The molecule has 1 aliphatic rings. The number of carbonyl (C=O) groups is 2. The van der Waals surface area contributed by atoms with Crippen LogP contribution in [-0.2, 0) is 11.3 Å². The van der Waals surface area contributed by atoms with Crippen molar-refractivity contribution >= 4 is 35.0 Å². The van der Waals surface area contributed by atoms with E-state index in [1.807, 2.05) is 0 Å². The van der Waals surface area contributed by atoms with Gasteiger partial charge in [0.25, 0.3) is 5.91 Å². The van der Waals surface area contributed by atoms with E-state index < -0.39 is 23.6 Å². The van der Waals surface area contributed by atoms with E-state index >= 15 is 0 Å². The van der Waals surface area contributed by atoms with Crippen LogP contribution in [0.2, 0.25) is 10.0 Å². The van der Waals surface area contributed by atoms with Gasteiger partial charge in [-0.1, -0.05) is 35.3 Å². The molecule has 0 aliphatic carbocycles. The van der Waals surface area contributed by atoms with Gasteiger partial charge in [-0.15, -0.1) is 0 Å². The maximum Gasteiger partial charge on any atom is 0.251 e. The number of amides is 2. The van der Waals surface area contributed by atoms with Crippen molar-refractivity contribution in [2.75, 3.05) is 19.6 Å². The molecule has 1 aliphatic heterocycles. The molecule has 3 rings (SSSR count). The number of nitrogens with one attached hydrogen (secondary N) is 2. The van der Waals surface area contributed by atoms with Crippen molar-refractivity contribution in [3.63, 3.8) is 0 Å². The van der Waals surface area contributed by atoms with Gasteiger partial charge in [0.05, 0.1) is 10.0 Å². The summed E-state index contributed by atoms with van der Waals surface area (Å²) in [6.45, 7) is 3.94. The molecule has 1 saturated heterocycles. The zero-order valence-corrected chi connectivity index (χ0v) is 19.1. The predicted octanol–water partition coefficient (Wildman–Crippen LogP) is 4.42. The number of halogens is 4. The van der Waals surface area contributed by atoms with Gasteiger partial charge in [-0.3, -0.25) is 14.5 Å². The summed E-state index contributed by atoms with van der Waals surface area (Å²) in [4.78, 5) is 26.8. The fourth-order valence-corrected chi connectivity index (χ4v) is 3.94. The third kappa shape index (κ3) is 6.40. The molecule has 2 N–H and O–H groups in total. The van der Waals surface area contributed by atoms with Gasteiger partial charge < -0.3 is 10.6 Å². The maximum absolute atomic E-state index is 13.9. The second-order valence-corrected chi connectivity index (χ2v) is 8.82. The van der Waals surface area contributed by atoms with Crippen LogP contribution in [0.5, 0.6) is 0 Å². The number of piperidine rings is 1. The van der Waals surface area contributed by atoms with Gasteiger partial charge >= 0.3 is 0 Å². The fraction of sp³-hybridized carbons (Fsp3) is 0.391. The highest BCUT2D eigenvalue weighted by Crippen LogP contribution is 2.23. The lowest BCUT2D eigenvalue weighted by atomic mass is 9.96. The Hall–Kier alpha value is -2.22. The molecule has 2 amide bonds. The Kier molecular flexibility index (Phi) is 8.45. The summed E-state index contributed by atoms with van der Waals surface area (Å²) in [7, 11) is 0. The zero-order valence-electron chi connectivity index (χ0n) is 17.6. The summed E-state index contributed by atoms with van der Waals surface area (Å²) in [5.74, 6) is -2.03. The summed E-state index contributed by atoms with van der Waals surface area (Å²) in [6, 6.07) is 8.02. The van der Waals surface area contributed by atoms with E-state index in [2.05, 4.69) is 15.5 Å². The van der Waals surface area contributed by atoms with Crippen molar-refractivity contribution in [3.8, 4) is 0 Å². The second-order valence-electron chi connectivity index (χ2n) is 8.00. The van der Waals surface area contributed by atoms with Crippen LogP contribution in [0.1, 0.15) is 35.7 Å². The minimum absolute atomic E-state index is 0.267. The van der Waals surface area contributed by atoms with Gasteiger partial charge in [0, 0.05) is 24.2 Å². The second kappa shape index (κ2) is 11.1. The molecule has 5 nitrogen and oxygen atoms in total. The van der Waals surface area contributed by atoms with E-state index in [1.165, 1.54) is 24.3 Å². The first-order chi connectivity index (χ1) is 15.2. The molecule has 32 heavy (non-hydrogen) atoms. The Morgan fingerprint density at radius 2 is 1.84 bits per heavy atom. The van der Waals surface area contributed by atoms with Gasteiger partial charge in [-0.05, 0) is 63.0 Å². The quantitative estimate of drug-likeness (QED) is 0.612. The van der Waals surface area contributed by atoms with Crippen LogP contribution >= 0.6 is 23.2 Å². The molecule has 0 saturated carbocycles. The average molecular weight is 484 g/mol. The number of rotatable bonds is 7. The number of benzene rings is 2. The molecule has 0 bridgehead atoms. The molecule has 0 radical (unpaired) electrons. The first kappa shape index (κ1) is 24.4. The van der Waals surface area contributed by atoms with E-state index in [9.17, 15) is 18.4 Å². The van der Waals surface area contributed by atoms with E-state index in [0.717, 1.165) is 32.0 Å². The van der Waals surface area contributed by atoms with Crippen LogP contribution in [0.25, 0.3) is 0 Å². The molecule has 1 fully saturated rings. The summed E-state index contributed by atoms with van der Waals surface area (Å²) in [5, 5.41) is 6.14. The highest BCUT2D eigenvalue weighted by Gasteiger charge is 2.23. The fourth-order valence-electron chi connectivity index (χ4n) is 3.64. The standard InChI is InChI=1S/C23H25Cl2F2N3O2/c1-14(29-23(32)16-5-6-18(24)19(25)11-16)22(31)28-12-15-7-9-30(10-8-15)13-17-3-2-4-20(26)21(17)27/h2-6,11,14-15H,7-10,12-13H2,1H3,(H,28,31)(H,29,32)/t14-/m0/s1. The maximum atomic E-state index is 13.9. The van der Waals surface area contributed by atoms with Crippen LogP contribution in [-0.4, -0.2) is 42.4 Å². The van der Waals surface area contributed by atoms with E-state index in [-0.39, 0.29) is 16.8 Å². The molecule has 9 heteroatoms. The third-order valence-corrected chi connectivity index (χ3v) is 6.36. The normalized spacial score (nSPS) is 15.9. The van der Waals surface area contributed by atoms with Crippen molar-refractivity contribution in [2.45, 2.75) is 32.4 Å². The summed E-state index contributed by atoms with van der Waals surface area (Å²) in [5.41, 5.74) is 0.671. The van der Waals surface area contributed by atoms with Gasteiger partial charge in [0.2, 0.25) is 5.91 Å². The Bertz CT molecular complexity index is 982. The largest absolute Gasteiger partial charge is 0.354 e. The van der Waals surface area contributed by atoms with Crippen LogP contribution in [0.3, 0.4) is 0 Å². The van der Waals surface area contributed by atoms with Crippen LogP contribution < -0.4 is 10.6 Å². The molecule has 2 aromatic rings. The van der Waals surface area contributed by atoms with Crippen LogP contribution in [0.15, 0.2) is 36.4 Å². The number of hydrogen-bond acceptors (Lipinski definition) is 3. The number of nitrogens with zero attached hydrogens (tertiary/aromatic N) is 1.